The number of benzene rings is 1. The minimum Gasteiger partial charge on any atom is -0.479 e. The Morgan fingerprint density at radius 1 is 1.07 bits per heavy atom. The monoisotopic (exact) mass is 378 g/mol. The van der Waals surface area contributed by atoms with Crippen molar-refractivity contribution in [3.05, 3.63) is 29.8 Å². The maximum absolute atomic E-state index is 12.0. The summed E-state index contributed by atoms with van der Waals surface area (Å²) in [7, 11) is 0. The zero-order valence-electron chi connectivity index (χ0n) is 16.9. The van der Waals surface area contributed by atoms with E-state index >= 15 is 0 Å². The molecule has 0 heterocycles. The first kappa shape index (κ1) is 22.5. The van der Waals surface area contributed by atoms with Crippen molar-refractivity contribution in [2.45, 2.75) is 65.5 Å². The molecule has 0 aromatic heterocycles. The molecule has 0 unspecified atom stereocenters. The second kappa shape index (κ2) is 9.94. The number of hydrogen-bond acceptors (Lipinski definition) is 5. The molecule has 0 fully saturated rings. The van der Waals surface area contributed by atoms with Gasteiger partial charge in [-0.25, -0.2) is 9.59 Å². The van der Waals surface area contributed by atoms with Crippen LogP contribution in [-0.2, 0) is 19.7 Å². The zero-order valence-corrected chi connectivity index (χ0v) is 16.9. The van der Waals surface area contributed by atoms with Crippen LogP contribution < -0.4 is 15.4 Å². The summed E-state index contributed by atoms with van der Waals surface area (Å²) in [6, 6.07) is 6.78. The van der Waals surface area contributed by atoms with Crippen LogP contribution in [0, 0.1) is 0 Å². The zero-order chi connectivity index (χ0) is 20.6. The molecular formula is C20H30N2O5. The number of rotatable bonds is 7. The Labute approximate surface area is 160 Å². The number of carbonyl (C=O) groups excluding carboxylic acids is 3. The lowest BCUT2D eigenvalue weighted by molar-refractivity contribution is -0.154. The van der Waals surface area contributed by atoms with E-state index in [-0.39, 0.29) is 11.5 Å². The Bertz CT molecular complexity index is 649. The SMILES string of the molecule is CC[C@H](C)NC(=O)NC(=O)COC(=O)[C@H](C)Oc1ccc(C(C)(C)C)cc1. The van der Waals surface area contributed by atoms with Crippen molar-refractivity contribution in [1.82, 2.24) is 10.6 Å². The largest absolute Gasteiger partial charge is 0.479 e. The van der Waals surface area contributed by atoms with Crippen molar-refractivity contribution in [2.75, 3.05) is 6.61 Å². The van der Waals surface area contributed by atoms with Gasteiger partial charge in [-0.1, -0.05) is 39.8 Å². The van der Waals surface area contributed by atoms with Crippen LogP contribution in [-0.4, -0.2) is 36.7 Å². The highest BCUT2D eigenvalue weighted by molar-refractivity contribution is 5.95. The van der Waals surface area contributed by atoms with Crippen LogP contribution in [0.15, 0.2) is 24.3 Å². The second-order valence-corrected chi connectivity index (χ2v) is 7.47. The third-order valence-electron chi connectivity index (χ3n) is 3.95. The quantitative estimate of drug-likeness (QED) is 0.712. The summed E-state index contributed by atoms with van der Waals surface area (Å²) in [6.45, 7) is 11.0. The van der Waals surface area contributed by atoms with E-state index in [1.54, 1.807) is 12.1 Å². The molecule has 27 heavy (non-hydrogen) atoms. The molecule has 1 aromatic rings. The number of urea groups is 1. The normalized spacial score (nSPS) is 13.3. The molecule has 2 N–H and O–H groups in total. The fourth-order valence-corrected chi connectivity index (χ4v) is 2.06. The summed E-state index contributed by atoms with van der Waals surface area (Å²) in [6.07, 6.45) is -0.144. The molecule has 1 aromatic carbocycles. The van der Waals surface area contributed by atoms with Crippen molar-refractivity contribution in [3.63, 3.8) is 0 Å². The number of amides is 3. The fraction of sp³-hybridized carbons (Fsp3) is 0.550. The molecule has 0 saturated heterocycles. The summed E-state index contributed by atoms with van der Waals surface area (Å²) in [5.41, 5.74) is 1.18. The predicted molar refractivity (Wildman–Crippen MR) is 103 cm³/mol. The summed E-state index contributed by atoms with van der Waals surface area (Å²) < 4.78 is 10.4. The van der Waals surface area contributed by atoms with Gasteiger partial charge < -0.3 is 14.8 Å². The van der Waals surface area contributed by atoms with Crippen molar-refractivity contribution < 1.29 is 23.9 Å². The van der Waals surface area contributed by atoms with Gasteiger partial charge in [-0.05, 0) is 43.4 Å². The van der Waals surface area contributed by atoms with Gasteiger partial charge in [0.1, 0.15) is 5.75 Å². The van der Waals surface area contributed by atoms with E-state index < -0.39 is 30.6 Å². The van der Waals surface area contributed by atoms with Crippen LogP contribution in [0.25, 0.3) is 0 Å². The molecule has 1 rings (SSSR count). The van der Waals surface area contributed by atoms with Gasteiger partial charge in [-0.2, -0.15) is 0 Å². The van der Waals surface area contributed by atoms with Gasteiger partial charge in [0.25, 0.3) is 5.91 Å². The molecular weight excluding hydrogens is 348 g/mol. The molecule has 0 radical (unpaired) electrons. The van der Waals surface area contributed by atoms with E-state index in [0.29, 0.717) is 5.75 Å². The molecule has 150 valence electrons. The van der Waals surface area contributed by atoms with E-state index in [0.717, 1.165) is 12.0 Å². The molecule has 7 nitrogen and oxygen atoms in total. The molecule has 0 aliphatic heterocycles. The lowest BCUT2D eigenvalue weighted by atomic mass is 9.87. The van der Waals surface area contributed by atoms with E-state index in [1.807, 2.05) is 26.0 Å². The Morgan fingerprint density at radius 3 is 2.19 bits per heavy atom. The molecule has 0 aliphatic carbocycles. The van der Waals surface area contributed by atoms with Crippen molar-refractivity contribution >= 4 is 17.9 Å². The van der Waals surface area contributed by atoms with Crippen LogP contribution >= 0.6 is 0 Å². The molecule has 0 bridgehead atoms. The number of hydrogen-bond donors (Lipinski definition) is 2. The summed E-state index contributed by atoms with van der Waals surface area (Å²) >= 11 is 0. The maximum Gasteiger partial charge on any atom is 0.347 e. The van der Waals surface area contributed by atoms with Crippen LogP contribution in [0.3, 0.4) is 0 Å². The number of esters is 1. The van der Waals surface area contributed by atoms with Crippen molar-refractivity contribution in [2.24, 2.45) is 0 Å². The Hall–Kier alpha value is -2.57. The van der Waals surface area contributed by atoms with Crippen LogP contribution in [0.2, 0.25) is 0 Å². The standard InChI is InChI=1S/C20H30N2O5/c1-7-13(2)21-19(25)22-17(23)12-26-18(24)14(3)27-16-10-8-15(9-11-16)20(4,5)6/h8-11,13-14H,7,12H2,1-6H3,(H2,21,22,23,25)/t13-,14-/m0/s1. The predicted octanol–water partition coefficient (Wildman–Crippen LogP) is 2.92. The van der Waals surface area contributed by atoms with E-state index in [9.17, 15) is 14.4 Å². The van der Waals surface area contributed by atoms with Crippen LogP contribution in [0.1, 0.15) is 53.5 Å². The minimum atomic E-state index is -0.882. The molecule has 3 amide bonds. The van der Waals surface area contributed by atoms with Gasteiger partial charge in [0.15, 0.2) is 12.7 Å². The molecule has 7 heteroatoms. The van der Waals surface area contributed by atoms with Gasteiger partial charge in [0.05, 0.1) is 0 Å². The number of carbonyl (C=O) groups is 3. The van der Waals surface area contributed by atoms with Crippen LogP contribution in [0.5, 0.6) is 5.75 Å². The minimum absolute atomic E-state index is 0.0254. The fourth-order valence-electron chi connectivity index (χ4n) is 2.06. The summed E-state index contributed by atoms with van der Waals surface area (Å²) in [5, 5.41) is 4.68. The second-order valence-electron chi connectivity index (χ2n) is 7.47. The van der Waals surface area contributed by atoms with Gasteiger partial charge >= 0.3 is 12.0 Å². The first-order valence-corrected chi connectivity index (χ1v) is 9.07. The van der Waals surface area contributed by atoms with E-state index in [2.05, 4.69) is 31.4 Å². The molecule has 0 aliphatic rings. The van der Waals surface area contributed by atoms with Crippen LogP contribution in [0.4, 0.5) is 4.79 Å². The lowest BCUT2D eigenvalue weighted by Gasteiger charge is -2.20. The highest BCUT2D eigenvalue weighted by Gasteiger charge is 2.19. The summed E-state index contributed by atoms with van der Waals surface area (Å²) in [5.74, 6) is -0.858. The number of imide groups is 1. The van der Waals surface area contributed by atoms with Gasteiger partial charge in [0.2, 0.25) is 0 Å². The summed E-state index contributed by atoms with van der Waals surface area (Å²) in [4.78, 5) is 35.1. The van der Waals surface area contributed by atoms with Crippen molar-refractivity contribution in [1.29, 1.82) is 0 Å². The average Bonchev–Trinajstić information content (AvgIpc) is 2.58. The average molecular weight is 378 g/mol. The smallest absolute Gasteiger partial charge is 0.347 e. The van der Waals surface area contributed by atoms with Gasteiger partial charge in [-0.15, -0.1) is 0 Å². The molecule has 0 saturated carbocycles. The number of ether oxygens (including phenoxy) is 2. The third kappa shape index (κ3) is 8.11. The van der Waals surface area contributed by atoms with Gasteiger partial charge in [-0.3, -0.25) is 10.1 Å². The Morgan fingerprint density at radius 2 is 1.67 bits per heavy atom. The first-order chi connectivity index (χ1) is 12.5. The molecule has 0 spiro atoms. The Balaban J connectivity index is 2.44. The molecule has 2 atom stereocenters. The highest BCUT2D eigenvalue weighted by Crippen LogP contribution is 2.24. The van der Waals surface area contributed by atoms with E-state index in [1.165, 1.54) is 6.92 Å². The maximum atomic E-state index is 12.0. The van der Waals surface area contributed by atoms with E-state index in [4.69, 9.17) is 9.47 Å². The third-order valence-corrected chi connectivity index (χ3v) is 3.95. The topological polar surface area (TPSA) is 93.7 Å². The first-order valence-electron chi connectivity index (χ1n) is 9.07. The highest BCUT2D eigenvalue weighted by atomic mass is 16.6. The lowest BCUT2D eigenvalue weighted by Crippen LogP contribution is -2.45. The number of nitrogens with one attached hydrogen (secondary N) is 2. The van der Waals surface area contributed by atoms with Crippen molar-refractivity contribution in [3.8, 4) is 5.75 Å². The Kier molecular flexibility index (Phi) is 8.28. The van der Waals surface area contributed by atoms with Gasteiger partial charge in [0, 0.05) is 6.04 Å².